The van der Waals surface area contributed by atoms with Crippen LogP contribution < -0.4 is 5.90 Å². The Morgan fingerprint density at radius 1 is 1.64 bits per heavy atom. The zero-order chi connectivity index (χ0) is 8.85. The van der Waals surface area contributed by atoms with Crippen LogP contribution in [0, 0.1) is 0 Å². The number of rotatable bonds is 5. The molecular formula is C7H18N2O2. The van der Waals surface area contributed by atoms with Gasteiger partial charge in [-0.1, -0.05) is 6.92 Å². The Hall–Kier alpha value is -0.160. The summed E-state index contributed by atoms with van der Waals surface area (Å²) in [6.07, 6.45) is -0.0153. The van der Waals surface area contributed by atoms with Gasteiger partial charge >= 0.3 is 0 Å². The van der Waals surface area contributed by atoms with Crippen molar-refractivity contribution in [1.29, 1.82) is 0 Å². The van der Waals surface area contributed by atoms with E-state index in [4.69, 9.17) is 11.0 Å². The minimum Gasteiger partial charge on any atom is -0.393 e. The van der Waals surface area contributed by atoms with E-state index in [0.29, 0.717) is 6.42 Å². The van der Waals surface area contributed by atoms with Gasteiger partial charge in [-0.05, 0) is 20.5 Å². The molecule has 0 aromatic heterocycles. The van der Waals surface area contributed by atoms with Crippen molar-refractivity contribution >= 4 is 0 Å². The summed E-state index contributed by atoms with van der Waals surface area (Å²) in [7, 11) is 1.90. The Kier molecular flexibility index (Phi) is 5.41. The normalized spacial score (nSPS) is 16.9. The third-order valence-electron chi connectivity index (χ3n) is 1.69. The summed E-state index contributed by atoms with van der Waals surface area (Å²) in [5.41, 5.74) is 0. The van der Waals surface area contributed by atoms with Gasteiger partial charge in [-0.25, -0.2) is 5.90 Å². The highest BCUT2D eigenvalue weighted by atomic mass is 16.6. The van der Waals surface area contributed by atoms with Crippen LogP contribution >= 0.6 is 0 Å². The van der Waals surface area contributed by atoms with E-state index in [9.17, 15) is 0 Å². The lowest BCUT2D eigenvalue weighted by Gasteiger charge is -2.25. The van der Waals surface area contributed by atoms with Crippen molar-refractivity contribution in [3.8, 4) is 0 Å². The summed E-state index contributed by atoms with van der Waals surface area (Å²) < 4.78 is 0. The third-order valence-corrected chi connectivity index (χ3v) is 1.69. The van der Waals surface area contributed by atoms with E-state index >= 15 is 0 Å². The number of aliphatic hydroxyl groups excluding tert-OH is 1. The number of nitrogens with two attached hydrogens (primary N) is 1. The second-order valence-electron chi connectivity index (χ2n) is 2.75. The Morgan fingerprint density at radius 2 is 2.18 bits per heavy atom. The van der Waals surface area contributed by atoms with Gasteiger partial charge in [0.1, 0.15) is 6.23 Å². The Bertz CT molecular complexity index is 98.4. The molecule has 0 aromatic carbocycles. The van der Waals surface area contributed by atoms with E-state index in [2.05, 4.69) is 4.84 Å². The Morgan fingerprint density at radius 3 is 2.45 bits per heavy atom. The maximum atomic E-state index is 9.04. The van der Waals surface area contributed by atoms with Crippen LogP contribution in [0.1, 0.15) is 20.3 Å². The molecule has 0 fully saturated rings. The predicted molar refractivity (Wildman–Crippen MR) is 43.7 cm³/mol. The number of hydrogen-bond donors (Lipinski definition) is 2. The average molecular weight is 162 g/mol. The number of hydrogen-bond acceptors (Lipinski definition) is 4. The van der Waals surface area contributed by atoms with Crippen LogP contribution in [0.2, 0.25) is 0 Å². The molecule has 68 valence electrons. The van der Waals surface area contributed by atoms with Gasteiger partial charge in [0.15, 0.2) is 0 Å². The van der Waals surface area contributed by atoms with Gasteiger partial charge in [-0.15, -0.1) is 0 Å². The standard InChI is InChI=1S/C7H18N2O2/c1-4-9(3)7(11-8)5-6(2)10/h6-7,10H,4-5,8H2,1-3H3. The molecule has 0 aromatic rings. The second-order valence-corrected chi connectivity index (χ2v) is 2.75. The van der Waals surface area contributed by atoms with Crippen molar-refractivity contribution in [2.75, 3.05) is 13.6 Å². The fourth-order valence-electron chi connectivity index (χ4n) is 0.835. The zero-order valence-electron chi connectivity index (χ0n) is 7.45. The highest BCUT2D eigenvalue weighted by molar-refractivity contribution is 4.59. The minimum atomic E-state index is -0.377. The molecule has 0 radical (unpaired) electrons. The summed E-state index contributed by atoms with van der Waals surface area (Å²) in [6.45, 7) is 4.58. The molecular weight excluding hydrogens is 144 g/mol. The van der Waals surface area contributed by atoms with E-state index < -0.39 is 0 Å². The van der Waals surface area contributed by atoms with Gasteiger partial charge in [0.2, 0.25) is 0 Å². The molecule has 0 heterocycles. The Labute approximate surface area is 67.9 Å². The highest BCUT2D eigenvalue weighted by Crippen LogP contribution is 2.04. The monoisotopic (exact) mass is 162 g/mol. The molecule has 0 saturated carbocycles. The molecule has 0 bridgehead atoms. The molecule has 0 aliphatic carbocycles. The number of aliphatic hydroxyl groups is 1. The smallest absolute Gasteiger partial charge is 0.134 e. The molecule has 0 rings (SSSR count). The van der Waals surface area contributed by atoms with Crippen molar-refractivity contribution in [2.24, 2.45) is 5.90 Å². The average Bonchev–Trinajstić information content (AvgIpc) is 1.98. The first kappa shape index (κ1) is 10.8. The van der Waals surface area contributed by atoms with E-state index in [0.717, 1.165) is 6.54 Å². The van der Waals surface area contributed by atoms with E-state index in [1.165, 1.54) is 0 Å². The Balaban J connectivity index is 3.74. The topological polar surface area (TPSA) is 58.7 Å². The van der Waals surface area contributed by atoms with Gasteiger partial charge in [-0.3, -0.25) is 9.74 Å². The zero-order valence-corrected chi connectivity index (χ0v) is 7.45. The lowest BCUT2D eigenvalue weighted by atomic mass is 10.2. The van der Waals surface area contributed by atoms with Gasteiger partial charge in [0, 0.05) is 6.42 Å². The second kappa shape index (κ2) is 5.49. The first-order chi connectivity index (χ1) is 5.11. The first-order valence-electron chi connectivity index (χ1n) is 3.85. The largest absolute Gasteiger partial charge is 0.393 e. The van der Waals surface area contributed by atoms with Crippen molar-refractivity contribution < 1.29 is 9.94 Å². The molecule has 2 unspecified atom stereocenters. The van der Waals surface area contributed by atoms with Gasteiger partial charge in [-0.2, -0.15) is 0 Å². The molecule has 0 amide bonds. The lowest BCUT2D eigenvalue weighted by molar-refractivity contribution is -0.0701. The minimum absolute atomic E-state index is 0.181. The predicted octanol–water partition coefficient (Wildman–Crippen LogP) is -0.0746. The van der Waals surface area contributed by atoms with E-state index in [1.54, 1.807) is 6.92 Å². The fourth-order valence-corrected chi connectivity index (χ4v) is 0.835. The maximum absolute atomic E-state index is 9.04. The van der Waals surface area contributed by atoms with Crippen molar-refractivity contribution in [2.45, 2.75) is 32.6 Å². The SMILES string of the molecule is CCN(C)C(CC(C)O)ON. The summed E-state index contributed by atoms with van der Waals surface area (Å²) in [5, 5.41) is 9.04. The molecule has 11 heavy (non-hydrogen) atoms. The van der Waals surface area contributed by atoms with Crippen molar-refractivity contribution in [3.05, 3.63) is 0 Å². The highest BCUT2D eigenvalue weighted by Gasteiger charge is 2.14. The molecule has 0 spiro atoms. The van der Waals surface area contributed by atoms with Crippen LogP contribution in [-0.2, 0) is 4.84 Å². The summed E-state index contributed by atoms with van der Waals surface area (Å²) in [5.74, 6) is 5.04. The van der Waals surface area contributed by atoms with Crippen LogP contribution in [-0.4, -0.2) is 35.9 Å². The summed E-state index contributed by atoms with van der Waals surface area (Å²) in [6, 6.07) is 0. The number of nitrogens with zero attached hydrogens (tertiary/aromatic N) is 1. The van der Waals surface area contributed by atoms with Crippen LogP contribution in [0.3, 0.4) is 0 Å². The fraction of sp³-hybridized carbons (Fsp3) is 1.00. The molecule has 4 heteroatoms. The molecule has 0 aliphatic heterocycles. The van der Waals surface area contributed by atoms with E-state index in [1.807, 2.05) is 18.9 Å². The van der Waals surface area contributed by atoms with Crippen LogP contribution in [0.15, 0.2) is 0 Å². The van der Waals surface area contributed by atoms with Crippen LogP contribution in [0.4, 0.5) is 0 Å². The maximum Gasteiger partial charge on any atom is 0.134 e. The molecule has 0 aliphatic rings. The van der Waals surface area contributed by atoms with E-state index in [-0.39, 0.29) is 12.3 Å². The third kappa shape index (κ3) is 4.31. The van der Waals surface area contributed by atoms with Crippen molar-refractivity contribution in [3.63, 3.8) is 0 Å². The summed E-state index contributed by atoms with van der Waals surface area (Å²) in [4.78, 5) is 6.62. The van der Waals surface area contributed by atoms with Crippen molar-refractivity contribution in [1.82, 2.24) is 4.90 Å². The van der Waals surface area contributed by atoms with Gasteiger partial charge in [0.25, 0.3) is 0 Å². The molecule has 0 saturated heterocycles. The van der Waals surface area contributed by atoms with Crippen LogP contribution in [0.5, 0.6) is 0 Å². The molecule has 3 N–H and O–H groups in total. The summed E-state index contributed by atoms with van der Waals surface area (Å²) >= 11 is 0. The first-order valence-corrected chi connectivity index (χ1v) is 3.85. The quantitative estimate of drug-likeness (QED) is 0.439. The lowest BCUT2D eigenvalue weighted by Crippen LogP contribution is -2.38. The van der Waals surface area contributed by atoms with Crippen LogP contribution in [0.25, 0.3) is 0 Å². The van der Waals surface area contributed by atoms with Gasteiger partial charge in [0.05, 0.1) is 6.10 Å². The molecule has 2 atom stereocenters. The molecule has 4 nitrogen and oxygen atoms in total. The van der Waals surface area contributed by atoms with Gasteiger partial charge < -0.3 is 5.11 Å².